The third kappa shape index (κ3) is 3.57. The van der Waals surface area contributed by atoms with Crippen LogP contribution in [0.25, 0.3) is 0 Å². The van der Waals surface area contributed by atoms with Gasteiger partial charge in [-0.2, -0.15) is 0 Å². The topological polar surface area (TPSA) is 38.7 Å². The van der Waals surface area contributed by atoms with Gasteiger partial charge in [0.15, 0.2) is 0 Å². The number of ether oxygens (including phenoxy) is 1. The first-order valence-electron chi connectivity index (χ1n) is 8.50. The van der Waals surface area contributed by atoms with Gasteiger partial charge in [0.05, 0.1) is 18.4 Å². The Kier molecular flexibility index (Phi) is 5.28. The molecule has 3 heteroatoms. The van der Waals surface area contributed by atoms with E-state index in [2.05, 4.69) is 0 Å². The molecule has 0 saturated carbocycles. The average molecular weight is 343 g/mol. The third-order valence-corrected chi connectivity index (χ3v) is 4.28. The minimum absolute atomic E-state index is 0.156. The van der Waals surface area contributed by atoms with Gasteiger partial charge in [-0.15, -0.1) is 0 Å². The fraction of sp³-hybridized carbons (Fsp3) is 0.130. The summed E-state index contributed by atoms with van der Waals surface area (Å²) in [6.45, 7) is 4.00. The second-order valence-corrected chi connectivity index (χ2v) is 6.10. The molecular formula is C23H21NO2. The Morgan fingerprint density at radius 1 is 0.808 bits per heavy atom. The summed E-state index contributed by atoms with van der Waals surface area (Å²) in [6.07, 6.45) is 0. The molecule has 0 atom stereocenters. The normalized spacial score (nSPS) is 11.3. The van der Waals surface area contributed by atoms with Crippen LogP contribution in [0, 0.1) is 13.8 Å². The van der Waals surface area contributed by atoms with Crippen LogP contribution >= 0.6 is 0 Å². The quantitative estimate of drug-likeness (QED) is 0.465. The standard InChI is InChI=1S/C23H21NO2/c1-16-10-9-11-17(2)21(16)24-22(18-12-5-4-6-13-18)23(25)19-14-7-8-15-20(19)26-3/h4-15H,1-3H3. The van der Waals surface area contributed by atoms with E-state index in [-0.39, 0.29) is 5.78 Å². The summed E-state index contributed by atoms with van der Waals surface area (Å²) >= 11 is 0. The maximum atomic E-state index is 13.3. The van der Waals surface area contributed by atoms with Gasteiger partial charge in [0.25, 0.3) is 0 Å². The van der Waals surface area contributed by atoms with E-state index in [1.54, 1.807) is 19.2 Å². The van der Waals surface area contributed by atoms with Gasteiger partial charge < -0.3 is 4.74 Å². The first-order valence-corrected chi connectivity index (χ1v) is 8.50. The van der Waals surface area contributed by atoms with Crippen LogP contribution in [-0.2, 0) is 0 Å². The molecule has 3 rings (SSSR count). The molecule has 0 amide bonds. The van der Waals surface area contributed by atoms with Crippen LogP contribution < -0.4 is 4.74 Å². The van der Waals surface area contributed by atoms with E-state index in [4.69, 9.17) is 9.73 Å². The van der Waals surface area contributed by atoms with Gasteiger partial charge in [0.2, 0.25) is 5.78 Å². The number of aliphatic imine (C=N–C) groups is 1. The highest BCUT2D eigenvalue weighted by molar-refractivity contribution is 6.52. The second-order valence-electron chi connectivity index (χ2n) is 6.10. The monoisotopic (exact) mass is 343 g/mol. The van der Waals surface area contributed by atoms with Crippen molar-refractivity contribution in [2.45, 2.75) is 13.8 Å². The minimum atomic E-state index is -0.156. The number of carbonyl (C=O) groups is 1. The largest absolute Gasteiger partial charge is 0.496 e. The first-order chi connectivity index (χ1) is 12.6. The Hall–Kier alpha value is -3.20. The van der Waals surface area contributed by atoms with Crippen molar-refractivity contribution in [1.82, 2.24) is 0 Å². The predicted molar refractivity (Wildman–Crippen MR) is 106 cm³/mol. The van der Waals surface area contributed by atoms with Gasteiger partial charge in [0.1, 0.15) is 11.5 Å². The maximum Gasteiger partial charge on any atom is 0.215 e. The number of para-hydroxylation sites is 2. The molecule has 3 aromatic rings. The smallest absolute Gasteiger partial charge is 0.215 e. The van der Waals surface area contributed by atoms with Crippen molar-refractivity contribution in [3.8, 4) is 5.75 Å². The van der Waals surface area contributed by atoms with Crippen LogP contribution in [0.4, 0.5) is 5.69 Å². The maximum absolute atomic E-state index is 13.3. The molecule has 3 aromatic carbocycles. The van der Waals surface area contributed by atoms with E-state index < -0.39 is 0 Å². The van der Waals surface area contributed by atoms with Gasteiger partial charge in [-0.3, -0.25) is 4.79 Å². The average Bonchev–Trinajstić information content (AvgIpc) is 2.68. The molecule has 130 valence electrons. The Labute approximate surface area is 154 Å². The highest BCUT2D eigenvalue weighted by Gasteiger charge is 2.20. The van der Waals surface area contributed by atoms with E-state index in [1.807, 2.05) is 74.5 Å². The number of aryl methyl sites for hydroxylation is 2. The number of Topliss-reactive ketones (excluding diaryl/α,β-unsaturated/α-hetero) is 1. The van der Waals surface area contributed by atoms with Crippen molar-refractivity contribution in [1.29, 1.82) is 0 Å². The van der Waals surface area contributed by atoms with E-state index in [0.29, 0.717) is 17.0 Å². The lowest BCUT2D eigenvalue weighted by atomic mass is 9.99. The number of methoxy groups -OCH3 is 1. The summed E-state index contributed by atoms with van der Waals surface area (Å²) in [5.74, 6) is 0.388. The highest BCUT2D eigenvalue weighted by Crippen LogP contribution is 2.26. The van der Waals surface area contributed by atoms with Crippen molar-refractivity contribution in [2.24, 2.45) is 4.99 Å². The Bertz CT molecular complexity index is 939. The van der Waals surface area contributed by atoms with Crippen LogP contribution in [0.5, 0.6) is 5.75 Å². The highest BCUT2D eigenvalue weighted by atomic mass is 16.5. The van der Waals surface area contributed by atoms with Gasteiger partial charge >= 0.3 is 0 Å². The lowest BCUT2D eigenvalue weighted by Crippen LogP contribution is -2.17. The molecule has 0 bridgehead atoms. The van der Waals surface area contributed by atoms with Crippen LogP contribution in [0.1, 0.15) is 27.0 Å². The fourth-order valence-electron chi connectivity index (χ4n) is 2.90. The molecule has 0 saturated heterocycles. The van der Waals surface area contributed by atoms with Gasteiger partial charge in [-0.1, -0.05) is 60.7 Å². The van der Waals surface area contributed by atoms with E-state index in [0.717, 1.165) is 22.4 Å². The molecule has 0 aliphatic rings. The predicted octanol–water partition coefficient (Wildman–Crippen LogP) is 5.32. The van der Waals surface area contributed by atoms with E-state index in [9.17, 15) is 4.79 Å². The first kappa shape index (κ1) is 17.6. The number of nitrogens with zero attached hydrogens (tertiary/aromatic N) is 1. The van der Waals surface area contributed by atoms with Crippen molar-refractivity contribution >= 4 is 17.2 Å². The molecular weight excluding hydrogens is 322 g/mol. The number of carbonyl (C=O) groups excluding carboxylic acids is 1. The summed E-state index contributed by atoms with van der Waals surface area (Å²) in [6, 6.07) is 22.8. The lowest BCUT2D eigenvalue weighted by molar-refractivity contribution is 0.106. The summed E-state index contributed by atoms with van der Waals surface area (Å²) in [5, 5.41) is 0. The fourth-order valence-corrected chi connectivity index (χ4v) is 2.90. The molecule has 3 nitrogen and oxygen atoms in total. The molecule has 0 heterocycles. The molecule has 0 aliphatic heterocycles. The Balaban J connectivity index is 2.20. The number of hydrogen-bond acceptors (Lipinski definition) is 3. The molecule has 0 fully saturated rings. The van der Waals surface area contributed by atoms with Crippen LogP contribution in [0.3, 0.4) is 0 Å². The van der Waals surface area contributed by atoms with Gasteiger partial charge in [-0.25, -0.2) is 4.99 Å². The zero-order valence-electron chi connectivity index (χ0n) is 15.2. The number of benzene rings is 3. The summed E-state index contributed by atoms with van der Waals surface area (Å²) in [7, 11) is 1.57. The summed E-state index contributed by atoms with van der Waals surface area (Å²) < 4.78 is 5.37. The third-order valence-electron chi connectivity index (χ3n) is 4.28. The Morgan fingerprint density at radius 2 is 1.42 bits per heavy atom. The van der Waals surface area contributed by atoms with Crippen LogP contribution in [-0.4, -0.2) is 18.6 Å². The zero-order valence-corrected chi connectivity index (χ0v) is 15.2. The van der Waals surface area contributed by atoms with Gasteiger partial charge in [-0.05, 0) is 37.1 Å². The molecule has 0 spiro atoms. The van der Waals surface area contributed by atoms with Crippen molar-refractivity contribution in [3.63, 3.8) is 0 Å². The molecule has 0 unspecified atom stereocenters. The SMILES string of the molecule is COc1ccccc1C(=O)C(=Nc1c(C)cccc1C)c1ccccc1. The van der Waals surface area contributed by atoms with Crippen molar-refractivity contribution in [3.05, 3.63) is 95.1 Å². The minimum Gasteiger partial charge on any atom is -0.496 e. The number of ketones is 1. The molecule has 0 radical (unpaired) electrons. The summed E-state index contributed by atoms with van der Waals surface area (Å²) in [4.78, 5) is 18.1. The number of rotatable bonds is 5. The summed E-state index contributed by atoms with van der Waals surface area (Å²) in [5.41, 5.74) is 4.59. The lowest BCUT2D eigenvalue weighted by Gasteiger charge is -2.12. The van der Waals surface area contributed by atoms with Crippen molar-refractivity contribution < 1.29 is 9.53 Å². The second kappa shape index (κ2) is 7.79. The van der Waals surface area contributed by atoms with Crippen molar-refractivity contribution in [2.75, 3.05) is 7.11 Å². The Morgan fingerprint density at radius 3 is 2.08 bits per heavy atom. The van der Waals surface area contributed by atoms with E-state index >= 15 is 0 Å². The molecule has 0 aliphatic carbocycles. The molecule has 0 aromatic heterocycles. The van der Waals surface area contributed by atoms with Crippen LogP contribution in [0.15, 0.2) is 77.8 Å². The number of hydrogen-bond donors (Lipinski definition) is 0. The van der Waals surface area contributed by atoms with Gasteiger partial charge in [0, 0.05) is 5.56 Å². The van der Waals surface area contributed by atoms with Crippen LogP contribution in [0.2, 0.25) is 0 Å². The molecule has 26 heavy (non-hydrogen) atoms. The molecule has 0 N–H and O–H groups in total. The van der Waals surface area contributed by atoms with E-state index in [1.165, 1.54) is 0 Å². The zero-order chi connectivity index (χ0) is 18.5.